The largest absolute Gasteiger partial charge is 0.409 e. The summed E-state index contributed by atoms with van der Waals surface area (Å²) >= 11 is 0. The van der Waals surface area contributed by atoms with Crippen LogP contribution in [0.2, 0.25) is 0 Å². The summed E-state index contributed by atoms with van der Waals surface area (Å²) in [5, 5.41) is 14.5. The van der Waals surface area contributed by atoms with Crippen LogP contribution in [0.3, 0.4) is 0 Å². The molecule has 0 fully saturated rings. The maximum atomic E-state index is 8.27. The number of unbranched alkanes of at least 4 members (excludes halogenated alkanes) is 1. The van der Waals surface area contributed by atoms with Crippen molar-refractivity contribution in [2.45, 2.75) is 25.7 Å². The van der Waals surface area contributed by atoms with Crippen molar-refractivity contribution < 1.29 is 9.94 Å². The molecular weight excluding hydrogens is 182 g/mol. The van der Waals surface area contributed by atoms with E-state index in [1.165, 1.54) is 0 Å². The zero-order valence-corrected chi connectivity index (χ0v) is 8.83. The Morgan fingerprint density at radius 2 is 2.07 bits per heavy atom. The lowest BCUT2D eigenvalue weighted by atomic mass is 10.2. The number of nitrogens with zero attached hydrogens (tertiary/aromatic N) is 1. The lowest BCUT2D eigenvalue weighted by Gasteiger charge is -2.03. The fourth-order valence-electron chi connectivity index (χ4n) is 1.07. The molecule has 0 aromatic rings. The molecule has 0 saturated heterocycles. The summed E-state index contributed by atoms with van der Waals surface area (Å²) in [5.74, 6) is 0.310. The summed E-state index contributed by atoms with van der Waals surface area (Å²) in [6.45, 7) is 2.76. The van der Waals surface area contributed by atoms with Crippen LogP contribution in [0.5, 0.6) is 0 Å². The molecule has 0 aromatic carbocycles. The summed E-state index contributed by atoms with van der Waals surface area (Å²) in [6.07, 6.45) is 3.70. The Kier molecular flexibility index (Phi) is 9.68. The molecule has 0 rings (SSSR count). The maximum Gasteiger partial charge on any atom is 0.139 e. The first kappa shape index (κ1) is 13.2. The van der Waals surface area contributed by atoms with Gasteiger partial charge in [0.2, 0.25) is 0 Å². The van der Waals surface area contributed by atoms with E-state index in [0.717, 1.165) is 39.0 Å². The molecule has 0 bridgehead atoms. The van der Waals surface area contributed by atoms with Gasteiger partial charge in [-0.3, -0.25) is 0 Å². The van der Waals surface area contributed by atoms with Crippen LogP contribution in [0.15, 0.2) is 5.16 Å². The smallest absolute Gasteiger partial charge is 0.139 e. The molecule has 5 nitrogen and oxygen atoms in total. The number of rotatable bonds is 9. The Bertz CT molecular complexity index is 151. The predicted molar refractivity (Wildman–Crippen MR) is 56.6 cm³/mol. The molecule has 5 heteroatoms. The molecule has 0 radical (unpaired) electrons. The van der Waals surface area contributed by atoms with E-state index < -0.39 is 0 Å². The van der Waals surface area contributed by atoms with Crippen molar-refractivity contribution in [3.63, 3.8) is 0 Å². The standard InChI is InChI=1S/C9H21N3O2/c1-14-8-4-7-11-6-3-2-5-9(10)12-13/h11,13H,2-8H2,1H3,(H2,10,12). The molecule has 0 saturated carbocycles. The van der Waals surface area contributed by atoms with Crippen molar-refractivity contribution in [1.82, 2.24) is 5.32 Å². The Balaban J connectivity index is 2.99. The molecule has 4 N–H and O–H groups in total. The second-order valence-corrected chi connectivity index (χ2v) is 3.14. The fourth-order valence-corrected chi connectivity index (χ4v) is 1.07. The number of oxime groups is 1. The summed E-state index contributed by atoms with van der Waals surface area (Å²) in [5.41, 5.74) is 5.32. The Morgan fingerprint density at radius 3 is 2.71 bits per heavy atom. The first-order valence-corrected chi connectivity index (χ1v) is 4.97. The fraction of sp³-hybridized carbons (Fsp3) is 0.889. The molecule has 84 valence electrons. The van der Waals surface area contributed by atoms with Crippen LogP contribution in [0.4, 0.5) is 0 Å². The van der Waals surface area contributed by atoms with Gasteiger partial charge < -0.3 is 21.0 Å². The van der Waals surface area contributed by atoms with Gasteiger partial charge in [-0.05, 0) is 32.4 Å². The van der Waals surface area contributed by atoms with E-state index in [1.54, 1.807) is 7.11 Å². The summed E-state index contributed by atoms with van der Waals surface area (Å²) in [4.78, 5) is 0. The van der Waals surface area contributed by atoms with Crippen LogP contribution in [0.1, 0.15) is 25.7 Å². The van der Waals surface area contributed by atoms with Crippen molar-refractivity contribution in [3.8, 4) is 0 Å². The maximum absolute atomic E-state index is 8.27. The molecule has 0 aliphatic rings. The highest BCUT2D eigenvalue weighted by Crippen LogP contribution is 1.93. The molecule has 0 amide bonds. The van der Waals surface area contributed by atoms with E-state index in [2.05, 4.69) is 10.5 Å². The molecule has 0 atom stereocenters. The second kappa shape index (κ2) is 10.3. The average Bonchev–Trinajstić information content (AvgIpc) is 2.21. The first-order chi connectivity index (χ1) is 6.81. The average molecular weight is 203 g/mol. The Morgan fingerprint density at radius 1 is 1.36 bits per heavy atom. The van der Waals surface area contributed by atoms with Gasteiger partial charge in [-0.25, -0.2) is 0 Å². The van der Waals surface area contributed by atoms with Crippen molar-refractivity contribution in [1.29, 1.82) is 0 Å². The molecular formula is C9H21N3O2. The highest BCUT2D eigenvalue weighted by Gasteiger charge is 1.93. The quantitative estimate of drug-likeness (QED) is 0.168. The van der Waals surface area contributed by atoms with E-state index in [4.69, 9.17) is 15.7 Å². The zero-order valence-electron chi connectivity index (χ0n) is 8.83. The molecule has 0 aliphatic carbocycles. The normalized spacial score (nSPS) is 11.9. The van der Waals surface area contributed by atoms with Crippen molar-refractivity contribution in [3.05, 3.63) is 0 Å². The van der Waals surface area contributed by atoms with Gasteiger partial charge in [0, 0.05) is 20.1 Å². The van der Waals surface area contributed by atoms with Crippen LogP contribution < -0.4 is 11.1 Å². The highest BCUT2D eigenvalue weighted by molar-refractivity contribution is 5.79. The lowest BCUT2D eigenvalue weighted by molar-refractivity contribution is 0.194. The Hall–Kier alpha value is -0.810. The lowest BCUT2D eigenvalue weighted by Crippen LogP contribution is -2.18. The van der Waals surface area contributed by atoms with E-state index in [9.17, 15) is 0 Å². The highest BCUT2D eigenvalue weighted by atomic mass is 16.5. The zero-order chi connectivity index (χ0) is 10.6. The molecule has 0 unspecified atom stereocenters. The van der Waals surface area contributed by atoms with E-state index in [-0.39, 0.29) is 0 Å². The first-order valence-electron chi connectivity index (χ1n) is 4.97. The van der Waals surface area contributed by atoms with Gasteiger partial charge in [0.1, 0.15) is 5.84 Å². The minimum Gasteiger partial charge on any atom is -0.409 e. The monoisotopic (exact) mass is 203 g/mol. The van der Waals surface area contributed by atoms with E-state index in [0.29, 0.717) is 12.3 Å². The second-order valence-electron chi connectivity index (χ2n) is 3.14. The van der Waals surface area contributed by atoms with E-state index in [1.807, 2.05) is 0 Å². The predicted octanol–water partition coefficient (Wildman–Crippen LogP) is 0.529. The number of hydrogen-bond acceptors (Lipinski definition) is 4. The topological polar surface area (TPSA) is 79.9 Å². The third-order valence-electron chi connectivity index (χ3n) is 1.87. The van der Waals surface area contributed by atoms with Gasteiger partial charge in [-0.1, -0.05) is 5.16 Å². The van der Waals surface area contributed by atoms with Gasteiger partial charge in [0.05, 0.1) is 0 Å². The van der Waals surface area contributed by atoms with Crippen molar-refractivity contribution >= 4 is 5.84 Å². The minimum absolute atomic E-state index is 0.310. The van der Waals surface area contributed by atoms with Crippen molar-refractivity contribution in [2.75, 3.05) is 26.8 Å². The van der Waals surface area contributed by atoms with Crippen molar-refractivity contribution in [2.24, 2.45) is 10.9 Å². The molecule has 0 heterocycles. The molecule has 0 aromatic heterocycles. The Labute approximate surface area is 85.3 Å². The van der Waals surface area contributed by atoms with Gasteiger partial charge >= 0.3 is 0 Å². The van der Waals surface area contributed by atoms with Gasteiger partial charge in [0.25, 0.3) is 0 Å². The number of nitrogens with two attached hydrogens (primary N) is 1. The molecule has 14 heavy (non-hydrogen) atoms. The SMILES string of the molecule is COCCCNCCCCC(N)=NO. The summed E-state index contributed by atoms with van der Waals surface area (Å²) < 4.78 is 4.92. The minimum atomic E-state index is 0.310. The van der Waals surface area contributed by atoms with E-state index >= 15 is 0 Å². The van der Waals surface area contributed by atoms with Gasteiger partial charge in [-0.2, -0.15) is 0 Å². The number of nitrogens with one attached hydrogen (secondary N) is 1. The van der Waals surface area contributed by atoms with Gasteiger partial charge in [-0.15, -0.1) is 0 Å². The molecule has 0 spiro atoms. The number of amidine groups is 1. The summed E-state index contributed by atoms with van der Waals surface area (Å²) in [7, 11) is 1.71. The number of hydrogen-bond donors (Lipinski definition) is 3. The van der Waals surface area contributed by atoms with Crippen LogP contribution in [-0.2, 0) is 4.74 Å². The third kappa shape index (κ3) is 9.28. The third-order valence-corrected chi connectivity index (χ3v) is 1.87. The number of methoxy groups -OCH3 is 1. The summed E-state index contributed by atoms with van der Waals surface area (Å²) in [6, 6.07) is 0. The van der Waals surface area contributed by atoms with Crippen LogP contribution in [0, 0.1) is 0 Å². The van der Waals surface area contributed by atoms with Crippen LogP contribution in [-0.4, -0.2) is 37.8 Å². The molecule has 0 aliphatic heterocycles. The number of ether oxygens (including phenoxy) is 1. The van der Waals surface area contributed by atoms with Crippen LogP contribution >= 0.6 is 0 Å². The van der Waals surface area contributed by atoms with Gasteiger partial charge in [0.15, 0.2) is 0 Å². The van der Waals surface area contributed by atoms with Crippen LogP contribution in [0.25, 0.3) is 0 Å².